The van der Waals surface area contributed by atoms with Crippen LogP contribution in [0.2, 0.25) is 0 Å². The first-order valence-corrected chi connectivity index (χ1v) is 23.4. The molecule has 18 atom stereocenters. The molecule has 3 saturated heterocycles. The van der Waals surface area contributed by atoms with Gasteiger partial charge in [0, 0.05) is 39.1 Å². The lowest BCUT2D eigenvalue weighted by atomic mass is 9.75. The van der Waals surface area contributed by atoms with Crippen LogP contribution in [0.5, 0.6) is 0 Å². The Morgan fingerprint density at radius 2 is 1.66 bits per heavy atom. The van der Waals surface area contributed by atoms with Gasteiger partial charge in [0.15, 0.2) is 12.6 Å². The highest BCUT2D eigenvalue weighted by Gasteiger charge is 2.58. The quantitative estimate of drug-likeness (QED) is 0.111. The smallest absolute Gasteiger partial charge is 0.322 e. The van der Waals surface area contributed by atoms with Gasteiger partial charge >= 0.3 is 12.0 Å². The second kappa shape index (κ2) is 22.7. The number of nitrogens with zero attached hydrogens (tertiary/aromatic N) is 1. The summed E-state index contributed by atoms with van der Waals surface area (Å²) >= 11 is 0. The monoisotopic (exact) mass is 929 g/mol. The van der Waals surface area contributed by atoms with E-state index in [0.717, 1.165) is 6.42 Å². The van der Waals surface area contributed by atoms with Crippen molar-refractivity contribution in [1.29, 1.82) is 0 Å². The van der Waals surface area contributed by atoms with E-state index in [2.05, 4.69) is 16.0 Å². The predicted octanol–water partition coefficient (Wildman–Crippen LogP) is 3.67. The van der Waals surface area contributed by atoms with Gasteiger partial charge < -0.3 is 74.8 Å². The van der Waals surface area contributed by atoms with E-state index in [1.54, 1.807) is 61.5 Å². The topological polar surface area (TPSA) is 230 Å². The number of carbonyl (C=O) groups is 2. The zero-order chi connectivity index (χ0) is 48.8. The third-order valence-electron chi connectivity index (χ3n) is 14.3. The molecular weight excluding hydrogens is 848 g/mol. The largest absolute Gasteiger partial charge is 0.459 e. The van der Waals surface area contributed by atoms with Crippen LogP contribution in [0.4, 0.5) is 14.9 Å². The number of urea groups is 1. The van der Waals surface area contributed by atoms with Crippen molar-refractivity contribution in [2.45, 2.75) is 198 Å². The van der Waals surface area contributed by atoms with Crippen molar-refractivity contribution in [2.75, 3.05) is 39.1 Å². The third kappa shape index (κ3) is 12.6. The van der Waals surface area contributed by atoms with Crippen molar-refractivity contribution in [3.05, 3.63) is 30.1 Å². The van der Waals surface area contributed by atoms with E-state index in [-0.39, 0.29) is 43.8 Å². The molecular formula is C47H81FN4O13. The molecule has 17 nitrogen and oxygen atoms in total. The van der Waals surface area contributed by atoms with Crippen LogP contribution in [-0.2, 0) is 33.2 Å². The number of rotatable bonds is 12. The maximum absolute atomic E-state index is 14.5. The number of benzene rings is 1. The fourth-order valence-corrected chi connectivity index (χ4v) is 9.99. The lowest BCUT2D eigenvalue weighted by molar-refractivity contribution is -0.336. The van der Waals surface area contributed by atoms with Gasteiger partial charge in [0.05, 0.1) is 47.7 Å². The summed E-state index contributed by atoms with van der Waals surface area (Å²) in [5.41, 5.74) is -6.34. The average molecular weight is 929 g/mol. The summed E-state index contributed by atoms with van der Waals surface area (Å²) in [6.07, 6.45) is -8.98. The van der Waals surface area contributed by atoms with Crippen molar-refractivity contribution in [1.82, 2.24) is 15.5 Å². The van der Waals surface area contributed by atoms with Crippen LogP contribution in [0.3, 0.4) is 0 Å². The Labute approximate surface area is 385 Å². The van der Waals surface area contributed by atoms with Gasteiger partial charge in [0.25, 0.3) is 0 Å². The van der Waals surface area contributed by atoms with Crippen molar-refractivity contribution < 1.29 is 67.9 Å². The van der Waals surface area contributed by atoms with Crippen LogP contribution in [0.15, 0.2) is 24.3 Å². The number of ether oxygens (including phenoxy) is 6. The van der Waals surface area contributed by atoms with Crippen LogP contribution in [-0.4, -0.2) is 166 Å². The minimum Gasteiger partial charge on any atom is -0.459 e. The van der Waals surface area contributed by atoms with E-state index < -0.39 is 119 Å². The van der Waals surface area contributed by atoms with Crippen LogP contribution in [0.25, 0.3) is 0 Å². The normalized spacial score (nSPS) is 42.6. The van der Waals surface area contributed by atoms with E-state index in [9.17, 15) is 39.5 Å². The molecule has 3 aliphatic rings. The second-order valence-corrected chi connectivity index (χ2v) is 19.8. The first-order chi connectivity index (χ1) is 30.3. The Morgan fingerprint density at radius 1 is 1.00 bits per heavy atom. The zero-order valence-electron chi connectivity index (χ0n) is 40.9. The molecule has 0 bridgehead atoms. The molecule has 1 aromatic rings. The van der Waals surface area contributed by atoms with E-state index in [1.807, 2.05) is 13.8 Å². The molecule has 0 radical (unpaired) electrons. The molecule has 0 spiro atoms. The van der Waals surface area contributed by atoms with E-state index in [4.69, 9.17) is 28.4 Å². The molecule has 0 saturated carbocycles. The number of nitrogens with one attached hydrogen (secondary N) is 3. The Kier molecular flexibility index (Phi) is 19.2. The van der Waals surface area contributed by atoms with Gasteiger partial charge in [-0.15, -0.1) is 0 Å². The highest BCUT2D eigenvalue weighted by Crippen LogP contribution is 2.43. The maximum Gasteiger partial charge on any atom is 0.322 e. The molecule has 18 heteroatoms. The Balaban J connectivity index is 1.79. The number of aliphatic hydroxyl groups excluding tert-OH is 2. The first-order valence-electron chi connectivity index (χ1n) is 23.4. The van der Waals surface area contributed by atoms with Crippen molar-refractivity contribution in [3.63, 3.8) is 0 Å². The fourth-order valence-electron chi connectivity index (χ4n) is 9.99. The molecule has 0 aromatic heterocycles. The number of aliphatic hydroxyl groups is 5. The molecule has 3 heterocycles. The summed E-state index contributed by atoms with van der Waals surface area (Å²) < 4.78 is 52.9. The Hall–Kier alpha value is -2.59. The number of hydrogen-bond acceptors (Lipinski definition) is 15. The van der Waals surface area contributed by atoms with Gasteiger partial charge in [-0.1, -0.05) is 39.8 Å². The number of anilines is 1. The van der Waals surface area contributed by atoms with E-state index in [0.29, 0.717) is 13.1 Å². The first kappa shape index (κ1) is 55.0. The number of cyclic esters (lactones) is 1. The number of para-hydroxylation sites is 1. The highest BCUT2D eigenvalue weighted by molar-refractivity contribution is 5.89. The summed E-state index contributed by atoms with van der Waals surface area (Å²) in [6, 6.07) is 3.51. The molecule has 0 aliphatic carbocycles. The molecule has 0 unspecified atom stereocenters. The third-order valence-corrected chi connectivity index (χ3v) is 14.3. The van der Waals surface area contributed by atoms with Crippen LogP contribution in [0.1, 0.15) is 108 Å². The summed E-state index contributed by atoms with van der Waals surface area (Å²) in [6.45, 7) is 20.1. The number of likely N-dealkylation sites (N-methyl/N-ethyl adjacent to an activating group) is 1. The van der Waals surface area contributed by atoms with Crippen LogP contribution < -0.4 is 16.0 Å². The zero-order valence-corrected chi connectivity index (χ0v) is 40.9. The van der Waals surface area contributed by atoms with Crippen LogP contribution >= 0.6 is 0 Å². The number of amides is 2. The number of methoxy groups -OCH3 is 1. The lowest BCUT2D eigenvalue weighted by Crippen LogP contribution is -2.70. The molecule has 4 rings (SSSR count). The second-order valence-electron chi connectivity index (χ2n) is 19.8. The molecule has 1 aromatic carbocycles. The molecule has 2 amide bonds. The molecule has 374 valence electrons. The lowest BCUT2D eigenvalue weighted by Gasteiger charge is -2.53. The molecule has 65 heavy (non-hydrogen) atoms. The fraction of sp³-hybridized carbons (Fsp3) is 0.830. The summed E-state index contributed by atoms with van der Waals surface area (Å²) in [5.74, 6) is -3.73. The maximum atomic E-state index is 14.5. The number of esters is 1. The van der Waals surface area contributed by atoms with Gasteiger partial charge in [-0.3, -0.25) is 4.79 Å². The van der Waals surface area contributed by atoms with Crippen LogP contribution in [0, 0.1) is 23.6 Å². The number of carbonyl (C=O) groups excluding carboxylic acids is 2. The van der Waals surface area contributed by atoms with Gasteiger partial charge in [-0.25, -0.2) is 9.18 Å². The van der Waals surface area contributed by atoms with Crippen molar-refractivity contribution in [2.24, 2.45) is 17.8 Å². The highest BCUT2D eigenvalue weighted by atomic mass is 19.1. The molecule has 3 fully saturated rings. The van der Waals surface area contributed by atoms with Gasteiger partial charge in [-0.05, 0) is 105 Å². The summed E-state index contributed by atoms with van der Waals surface area (Å²) in [5, 5.41) is 69.1. The Bertz CT molecular complexity index is 1700. The van der Waals surface area contributed by atoms with Gasteiger partial charge in [-0.2, -0.15) is 0 Å². The molecule has 3 aliphatic heterocycles. The SMILES string of the molecule is CCCNC[C@]1(O)[C@H](C)O[C@@H](O[C@H]2[C@H](C)[C@@H](O[C@@H]3O[C@H](C)C[C@H](N(C)C(=O)Nc4ccccc4F)[C@H]3O)[C@](C)(O)C[C@@H](C)CN[C@H](C)[C@@H](O)[C@](C)(O)[C@@H](CC)OC(=O)[C@@H]2C)C[C@@]1(C)OC. The predicted molar refractivity (Wildman–Crippen MR) is 241 cm³/mol. The van der Waals surface area contributed by atoms with Gasteiger partial charge in [0.1, 0.15) is 40.9 Å². The minimum atomic E-state index is -1.88. The van der Waals surface area contributed by atoms with E-state index in [1.165, 1.54) is 44.2 Å². The standard InChI is InChI=1S/C47H81FN4O13/c1-14-20-49-25-47(59)31(8)62-36(23-45(47,10)60-13)64-38-28(5)40(65-42-37(53)34(21-27(4)61-42)52(12)43(56)51-33-19-17-16-18-32(33)48)44(9,57)22-26(3)24-50-30(7)39(54)46(11,58)35(15-2)63-41(55)29(38)6/h16-19,26-31,34-40,42,49-50,53-54,57-59H,14-15,20-25H2,1-13H3,(H,51,56)/t26-,27-,28+,29-,30-,31+,34+,35-,36+,37-,38+,39-,40-,42+,44-,45-,46-,47+/m1/s1. The summed E-state index contributed by atoms with van der Waals surface area (Å²) in [4.78, 5) is 29.2. The van der Waals surface area contributed by atoms with Crippen molar-refractivity contribution >= 4 is 17.7 Å². The van der Waals surface area contributed by atoms with Crippen molar-refractivity contribution in [3.8, 4) is 0 Å². The average Bonchev–Trinajstić information content (AvgIpc) is 3.24. The molecule has 8 N–H and O–H groups in total. The summed E-state index contributed by atoms with van der Waals surface area (Å²) in [7, 11) is 2.98. The van der Waals surface area contributed by atoms with Gasteiger partial charge in [0.2, 0.25) is 0 Å². The number of halogens is 1. The Morgan fingerprint density at radius 3 is 2.28 bits per heavy atom. The van der Waals surface area contributed by atoms with E-state index >= 15 is 0 Å². The minimum absolute atomic E-state index is 0.0229. The number of hydrogen-bond donors (Lipinski definition) is 8.